The van der Waals surface area contributed by atoms with E-state index in [-0.39, 0.29) is 18.5 Å². The molecule has 1 aliphatic heterocycles. The molecule has 0 atom stereocenters. The van der Waals surface area contributed by atoms with Crippen LogP contribution in [0.4, 0.5) is 5.69 Å². The van der Waals surface area contributed by atoms with Crippen LogP contribution in [0.1, 0.15) is 30.0 Å². The third kappa shape index (κ3) is 6.66. The van der Waals surface area contributed by atoms with E-state index in [0.29, 0.717) is 36.6 Å². The highest BCUT2D eigenvalue weighted by molar-refractivity contribution is 7.92. The summed E-state index contributed by atoms with van der Waals surface area (Å²) in [6, 6.07) is 27.8. The molecule has 0 bridgehead atoms. The van der Waals surface area contributed by atoms with Crippen LogP contribution in [0, 0.1) is 0 Å². The summed E-state index contributed by atoms with van der Waals surface area (Å²) in [5.74, 6) is 0.0650. The van der Waals surface area contributed by atoms with Crippen LogP contribution in [0.25, 0.3) is 0 Å². The lowest BCUT2D eigenvalue weighted by molar-refractivity contribution is -0.133. The Hall–Kier alpha value is -2.87. The maximum absolute atomic E-state index is 12.9. The fraction of sp³-hybridized carbons (Fsp3) is 0.321. The van der Waals surface area contributed by atoms with Crippen LogP contribution in [0.2, 0.25) is 5.02 Å². The Morgan fingerprint density at radius 2 is 1.39 bits per heavy atom. The minimum atomic E-state index is -3.46. The molecule has 1 heterocycles. The van der Waals surface area contributed by atoms with E-state index in [9.17, 15) is 13.2 Å². The van der Waals surface area contributed by atoms with Crippen molar-refractivity contribution in [2.45, 2.75) is 18.9 Å². The zero-order valence-electron chi connectivity index (χ0n) is 20.5. The lowest BCUT2D eigenvalue weighted by atomic mass is 9.96. The number of piperazine rings is 1. The first-order valence-electron chi connectivity index (χ1n) is 12.2. The number of hydrogen-bond acceptors (Lipinski definition) is 4. The van der Waals surface area contributed by atoms with Crippen molar-refractivity contribution in [1.82, 2.24) is 9.80 Å². The molecule has 0 spiro atoms. The predicted octanol–water partition coefficient (Wildman–Crippen LogP) is 4.82. The summed E-state index contributed by atoms with van der Waals surface area (Å²) < 4.78 is 26.0. The lowest BCUT2D eigenvalue weighted by Gasteiger charge is -2.40. The zero-order valence-corrected chi connectivity index (χ0v) is 22.0. The normalized spacial score (nSPS) is 14.7. The van der Waals surface area contributed by atoms with E-state index in [1.807, 2.05) is 17.0 Å². The minimum Gasteiger partial charge on any atom is -0.340 e. The smallest absolute Gasteiger partial charge is 0.232 e. The molecule has 0 saturated carbocycles. The summed E-state index contributed by atoms with van der Waals surface area (Å²) in [5, 5.41) is 0.545. The quantitative estimate of drug-likeness (QED) is 0.402. The molecule has 0 unspecified atom stereocenters. The van der Waals surface area contributed by atoms with Crippen molar-refractivity contribution in [3.8, 4) is 0 Å². The highest BCUT2D eigenvalue weighted by Gasteiger charge is 2.28. The SMILES string of the molecule is CS(=O)(=O)N(CCCC(=O)N1CCN(C(c2ccccc2)c2ccccc2)CC1)c1ccc(Cl)cc1. The van der Waals surface area contributed by atoms with E-state index >= 15 is 0 Å². The highest BCUT2D eigenvalue weighted by atomic mass is 35.5. The van der Waals surface area contributed by atoms with Gasteiger partial charge in [0.15, 0.2) is 0 Å². The van der Waals surface area contributed by atoms with Crippen LogP contribution in [0.3, 0.4) is 0 Å². The number of carbonyl (C=O) groups excluding carboxylic acids is 1. The molecule has 1 fully saturated rings. The minimum absolute atomic E-state index is 0.0650. The molecule has 0 aliphatic carbocycles. The lowest BCUT2D eigenvalue weighted by Crippen LogP contribution is -2.50. The van der Waals surface area contributed by atoms with E-state index < -0.39 is 10.0 Å². The number of benzene rings is 3. The Bertz CT molecular complexity index is 1190. The molecule has 190 valence electrons. The maximum atomic E-state index is 12.9. The number of sulfonamides is 1. The Balaban J connectivity index is 1.34. The van der Waals surface area contributed by atoms with Crippen LogP contribution in [-0.4, -0.2) is 63.1 Å². The first-order valence-corrected chi connectivity index (χ1v) is 14.4. The number of amides is 1. The van der Waals surface area contributed by atoms with Crippen LogP contribution >= 0.6 is 11.6 Å². The van der Waals surface area contributed by atoms with Gasteiger partial charge in [0.1, 0.15) is 0 Å². The van der Waals surface area contributed by atoms with Gasteiger partial charge in [-0.1, -0.05) is 72.3 Å². The van der Waals surface area contributed by atoms with Gasteiger partial charge in [-0.3, -0.25) is 14.0 Å². The number of halogens is 1. The summed E-state index contributed by atoms with van der Waals surface area (Å²) in [7, 11) is -3.46. The van der Waals surface area contributed by atoms with Crippen molar-refractivity contribution in [1.29, 1.82) is 0 Å². The second-order valence-electron chi connectivity index (χ2n) is 9.06. The Morgan fingerprint density at radius 3 is 1.89 bits per heavy atom. The first kappa shape index (κ1) is 26.2. The monoisotopic (exact) mass is 525 g/mol. The van der Waals surface area contributed by atoms with E-state index in [1.54, 1.807) is 24.3 Å². The van der Waals surface area contributed by atoms with Crippen molar-refractivity contribution >= 4 is 33.2 Å². The van der Waals surface area contributed by atoms with E-state index in [4.69, 9.17) is 11.6 Å². The third-order valence-electron chi connectivity index (χ3n) is 6.53. The molecule has 3 aromatic carbocycles. The van der Waals surface area contributed by atoms with E-state index in [0.717, 1.165) is 13.1 Å². The largest absolute Gasteiger partial charge is 0.340 e. The van der Waals surface area contributed by atoms with Gasteiger partial charge in [-0.25, -0.2) is 8.42 Å². The Morgan fingerprint density at radius 1 is 0.861 bits per heavy atom. The van der Waals surface area contributed by atoms with Gasteiger partial charge in [-0.15, -0.1) is 0 Å². The molecule has 1 saturated heterocycles. The number of rotatable bonds is 9. The average molecular weight is 526 g/mol. The molecule has 0 radical (unpaired) electrons. The fourth-order valence-electron chi connectivity index (χ4n) is 4.74. The van der Waals surface area contributed by atoms with E-state index in [1.165, 1.54) is 21.7 Å². The first-order chi connectivity index (χ1) is 17.3. The summed E-state index contributed by atoms with van der Waals surface area (Å²) in [5.41, 5.74) is 3.04. The summed E-state index contributed by atoms with van der Waals surface area (Å²) in [6.45, 7) is 3.11. The number of anilines is 1. The number of carbonyl (C=O) groups is 1. The second kappa shape index (κ2) is 11.9. The fourth-order valence-corrected chi connectivity index (χ4v) is 5.83. The van der Waals surface area contributed by atoms with Gasteiger partial charge in [0.25, 0.3) is 0 Å². The van der Waals surface area contributed by atoms with E-state index in [2.05, 4.69) is 53.4 Å². The molecule has 36 heavy (non-hydrogen) atoms. The average Bonchev–Trinajstić information content (AvgIpc) is 2.88. The Labute approximate surface area is 219 Å². The standard InChI is InChI=1S/C28H32ClN3O3S/c1-36(34,35)32(26-16-14-25(29)15-17-26)18-8-13-27(33)30-19-21-31(22-20-30)28(23-9-4-2-5-10-23)24-11-6-3-7-12-24/h2-7,9-12,14-17,28H,8,13,18-22H2,1H3. The molecule has 6 nitrogen and oxygen atoms in total. The Kier molecular flexibility index (Phi) is 8.67. The van der Waals surface area contributed by atoms with Crippen molar-refractivity contribution in [2.24, 2.45) is 0 Å². The molecule has 1 amide bonds. The highest BCUT2D eigenvalue weighted by Crippen LogP contribution is 2.29. The van der Waals surface area contributed by atoms with Crippen molar-refractivity contribution in [3.05, 3.63) is 101 Å². The van der Waals surface area contributed by atoms with Gasteiger partial charge in [-0.05, 0) is 41.8 Å². The molecule has 1 aliphatic rings. The second-order valence-corrected chi connectivity index (χ2v) is 11.4. The summed E-state index contributed by atoms with van der Waals surface area (Å²) in [6.07, 6.45) is 1.93. The summed E-state index contributed by atoms with van der Waals surface area (Å²) in [4.78, 5) is 17.3. The topological polar surface area (TPSA) is 60.9 Å². The molecule has 3 aromatic rings. The van der Waals surface area contributed by atoms with Crippen molar-refractivity contribution in [2.75, 3.05) is 43.3 Å². The van der Waals surface area contributed by atoms with Crippen LogP contribution < -0.4 is 4.31 Å². The maximum Gasteiger partial charge on any atom is 0.232 e. The molecule has 4 rings (SSSR count). The van der Waals surface area contributed by atoms with Crippen LogP contribution in [-0.2, 0) is 14.8 Å². The molecule has 8 heteroatoms. The molecular formula is C28H32ClN3O3S. The molecule has 0 aromatic heterocycles. The third-order valence-corrected chi connectivity index (χ3v) is 7.98. The summed E-state index contributed by atoms with van der Waals surface area (Å²) >= 11 is 5.94. The molecular weight excluding hydrogens is 494 g/mol. The van der Waals surface area contributed by atoms with Gasteiger partial charge in [0.05, 0.1) is 18.0 Å². The van der Waals surface area contributed by atoms with Crippen molar-refractivity contribution < 1.29 is 13.2 Å². The van der Waals surface area contributed by atoms with Gasteiger partial charge < -0.3 is 4.90 Å². The van der Waals surface area contributed by atoms with Gasteiger partial charge >= 0.3 is 0 Å². The predicted molar refractivity (Wildman–Crippen MR) is 146 cm³/mol. The van der Waals surface area contributed by atoms with Gasteiger partial charge in [0, 0.05) is 44.2 Å². The molecule has 0 N–H and O–H groups in total. The number of nitrogens with zero attached hydrogens (tertiary/aromatic N) is 3. The van der Waals surface area contributed by atoms with Crippen LogP contribution in [0.5, 0.6) is 0 Å². The van der Waals surface area contributed by atoms with Gasteiger partial charge in [0.2, 0.25) is 15.9 Å². The van der Waals surface area contributed by atoms with Gasteiger partial charge in [-0.2, -0.15) is 0 Å². The number of hydrogen-bond donors (Lipinski definition) is 0. The van der Waals surface area contributed by atoms with Crippen LogP contribution in [0.15, 0.2) is 84.9 Å². The van der Waals surface area contributed by atoms with Crippen molar-refractivity contribution in [3.63, 3.8) is 0 Å². The zero-order chi connectivity index (χ0) is 25.5.